The molecule has 0 spiro atoms. The fourth-order valence-electron chi connectivity index (χ4n) is 3.43. The van der Waals surface area contributed by atoms with Crippen LogP contribution in [0, 0.1) is 15.5 Å². The maximum absolute atomic E-state index is 10.0. The largest absolute Gasteiger partial charge is 0.423 e. The van der Waals surface area contributed by atoms with Crippen molar-refractivity contribution in [3.8, 4) is 0 Å². The van der Waals surface area contributed by atoms with Gasteiger partial charge in [0.15, 0.2) is 6.10 Å². The number of nitrogen functional groups attached to an aromatic ring is 1. The average Bonchev–Trinajstić information content (AvgIpc) is 3.24. The summed E-state index contributed by atoms with van der Waals surface area (Å²) in [6.45, 7) is 2.13. The number of nitrogens with one attached hydrogen (secondary N) is 1. The number of aromatic nitrogens is 2. The Balaban J connectivity index is 0.000000162. The van der Waals surface area contributed by atoms with Crippen LogP contribution < -0.4 is 16.3 Å². The van der Waals surface area contributed by atoms with Crippen molar-refractivity contribution in [1.29, 1.82) is 5.41 Å². The molecule has 0 aliphatic carbocycles. The number of hydrogen-bond acceptors (Lipinski definition) is 11. The molecule has 28 heavy (non-hydrogen) atoms. The normalized spacial score (nSPS) is 29.0. The number of ether oxygens (including phenoxy) is 2. The van der Waals surface area contributed by atoms with Crippen LogP contribution in [0.3, 0.4) is 0 Å². The van der Waals surface area contributed by atoms with Crippen molar-refractivity contribution in [2.24, 2.45) is 0 Å². The highest BCUT2D eigenvalue weighted by molar-refractivity contribution is 5.46. The number of hydrogen-bond donors (Lipinski definition) is 4. The fourth-order valence-corrected chi connectivity index (χ4v) is 3.43. The molecule has 0 aromatic carbocycles. The van der Waals surface area contributed by atoms with E-state index in [-0.39, 0.29) is 24.6 Å². The van der Waals surface area contributed by atoms with Crippen molar-refractivity contribution in [1.82, 2.24) is 9.71 Å². The van der Waals surface area contributed by atoms with Crippen LogP contribution in [0.15, 0.2) is 6.07 Å². The van der Waals surface area contributed by atoms with Gasteiger partial charge in [-0.15, -0.1) is 14.8 Å². The first-order valence-electron chi connectivity index (χ1n) is 8.97. The van der Waals surface area contributed by atoms with E-state index in [0.717, 1.165) is 25.9 Å². The number of aliphatic hydroxyl groups is 1. The second-order valence-electron chi connectivity index (χ2n) is 6.75. The average molecular weight is 400 g/mol. The van der Waals surface area contributed by atoms with E-state index in [0.29, 0.717) is 10.5 Å². The molecule has 0 saturated carbocycles. The molecule has 0 amide bonds. The summed E-state index contributed by atoms with van der Waals surface area (Å²) in [5.74, 6) is 0.832. The highest BCUT2D eigenvalue weighted by Crippen LogP contribution is 2.28. The summed E-state index contributed by atoms with van der Waals surface area (Å²) in [6, 6.07) is 1.60. The van der Waals surface area contributed by atoms with E-state index in [1.807, 2.05) is 0 Å². The number of rotatable bonds is 3. The van der Waals surface area contributed by atoms with Crippen molar-refractivity contribution >= 4 is 11.6 Å². The van der Waals surface area contributed by atoms with Gasteiger partial charge in [-0.25, -0.2) is 0 Å². The van der Waals surface area contributed by atoms with Gasteiger partial charge in [-0.2, -0.15) is 4.98 Å². The van der Waals surface area contributed by atoms with Gasteiger partial charge in [0.25, 0.3) is 10.7 Å². The monoisotopic (exact) mass is 400 g/mol. The maximum Gasteiger partial charge on any atom is 0.294 e. The van der Waals surface area contributed by atoms with Gasteiger partial charge in [0.05, 0.1) is 13.2 Å². The summed E-state index contributed by atoms with van der Waals surface area (Å²) < 4.78 is 10.8. The van der Waals surface area contributed by atoms with Crippen LogP contribution >= 0.6 is 0 Å². The molecule has 156 valence electrons. The van der Waals surface area contributed by atoms with E-state index >= 15 is 0 Å². The number of fused-ring (bicyclic) bond motifs is 1. The lowest BCUT2D eigenvalue weighted by atomic mass is 10.1. The first kappa shape index (κ1) is 20.1. The first-order valence-corrected chi connectivity index (χ1v) is 8.97. The van der Waals surface area contributed by atoms with Crippen molar-refractivity contribution in [3.63, 3.8) is 0 Å². The summed E-state index contributed by atoms with van der Waals surface area (Å²) in [4.78, 5) is 20.4. The number of anilines is 2. The second kappa shape index (κ2) is 8.58. The molecular formula is C15H24N6O7. The molecule has 0 unspecified atom stereocenters. The Bertz CT molecular complexity index is 753. The molecule has 13 nitrogen and oxygen atoms in total. The van der Waals surface area contributed by atoms with Crippen LogP contribution in [-0.4, -0.2) is 75.8 Å². The molecule has 4 atom stereocenters. The minimum absolute atomic E-state index is 0.0906. The number of nitrogens with zero attached hydrogens (tertiary/aromatic N) is 4. The molecule has 0 radical (unpaired) electrons. The molecule has 0 bridgehead atoms. The van der Waals surface area contributed by atoms with Crippen LogP contribution in [0.25, 0.3) is 0 Å². The molecule has 3 aliphatic heterocycles. The number of nitrogens with two attached hydrogens (primary N) is 1. The number of piperidine rings is 1. The Kier molecular flexibility index (Phi) is 6.16. The Morgan fingerprint density at radius 1 is 1.29 bits per heavy atom. The quantitative estimate of drug-likeness (QED) is 0.276. The van der Waals surface area contributed by atoms with Crippen molar-refractivity contribution in [3.05, 3.63) is 21.8 Å². The van der Waals surface area contributed by atoms with Gasteiger partial charge in [-0.1, -0.05) is 0 Å². The SMILES string of the molecule is N=c1nc(N2CCCCC2)cc(N)n1O.O=[N+]([O-])O[C@@H]1CO[C@H]2[C@@H]1OC[C@@H]2O. The van der Waals surface area contributed by atoms with E-state index in [1.165, 1.54) is 6.42 Å². The Morgan fingerprint density at radius 3 is 2.61 bits per heavy atom. The van der Waals surface area contributed by atoms with Gasteiger partial charge < -0.3 is 35.3 Å². The van der Waals surface area contributed by atoms with E-state index < -0.39 is 29.5 Å². The molecule has 4 heterocycles. The highest BCUT2D eigenvalue weighted by atomic mass is 17.0. The van der Waals surface area contributed by atoms with Gasteiger partial charge in [0.1, 0.15) is 29.9 Å². The Labute approximate surface area is 159 Å². The molecule has 1 aromatic heterocycles. The van der Waals surface area contributed by atoms with Gasteiger partial charge >= 0.3 is 0 Å². The third-order valence-corrected chi connectivity index (χ3v) is 4.83. The molecule has 3 saturated heterocycles. The van der Waals surface area contributed by atoms with Crippen LogP contribution in [-0.2, 0) is 14.3 Å². The predicted molar refractivity (Wildman–Crippen MR) is 93.1 cm³/mol. The summed E-state index contributed by atoms with van der Waals surface area (Å²) in [5.41, 5.74) is 5.33. The van der Waals surface area contributed by atoms with Crippen molar-refractivity contribution in [2.75, 3.05) is 36.9 Å². The second-order valence-corrected chi connectivity index (χ2v) is 6.75. The van der Waals surface area contributed by atoms with Crippen LogP contribution in [0.2, 0.25) is 0 Å². The maximum atomic E-state index is 10.0. The lowest BCUT2D eigenvalue weighted by Crippen LogP contribution is -2.33. The molecule has 4 rings (SSSR count). The van der Waals surface area contributed by atoms with Gasteiger partial charge in [-0.05, 0) is 19.3 Å². The molecule has 3 fully saturated rings. The first-order chi connectivity index (χ1) is 13.4. The molecule has 1 aromatic rings. The van der Waals surface area contributed by atoms with Crippen molar-refractivity contribution < 1.29 is 29.7 Å². The van der Waals surface area contributed by atoms with E-state index in [1.54, 1.807) is 6.07 Å². The molecule has 13 heteroatoms. The summed E-state index contributed by atoms with van der Waals surface area (Å²) in [6.07, 6.45) is 1.12. The van der Waals surface area contributed by atoms with Gasteiger partial charge in [0, 0.05) is 19.2 Å². The standard InChI is InChI=1S/C9H15N5O.C6H9NO6/c10-7-6-8(12-9(11)14(7)15)13-4-2-1-3-5-13;8-3-1-11-6-4(13-7(9)10)2-12-5(3)6/h6,11,15H,1-5,10H2;3-6,8H,1-2H2/t;3-,4+,5+,6+/m.0/s1. The van der Waals surface area contributed by atoms with Crippen LogP contribution in [0.1, 0.15) is 19.3 Å². The minimum atomic E-state index is -0.871. The van der Waals surface area contributed by atoms with Gasteiger partial charge in [0.2, 0.25) is 0 Å². The zero-order valence-corrected chi connectivity index (χ0v) is 15.1. The van der Waals surface area contributed by atoms with Crippen LogP contribution in [0.4, 0.5) is 11.6 Å². The lowest BCUT2D eigenvalue weighted by Gasteiger charge is -2.27. The van der Waals surface area contributed by atoms with Crippen molar-refractivity contribution in [2.45, 2.75) is 43.7 Å². The highest BCUT2D eigenvalue weighted by Gasteiger charge is 2.48. The fraction of sp³-hybridized carbons (Fsp3) is 0.733. The zero-order chi connectivity index (χ0) is 20.3. The Morgan fingerprint density at radius 2 is 1.96 bits per heavy atom. The minimum Gasteiger partial charge on any atom is -0.423 e. The molecule has 3 aliphatic rings. The number of aliphatic hydroxyl groups excluding tert-OH is 1. The van der Waals surface area contributed by atoms with Gasteiger partial charge in [-0.3, -0.25) is 5.41 Å². The smallest absolute Gasteiger partial charge is 0.294 e. The van der Waals surface area contributed by atoms with E-state index in [2.05, 4.69) is 14.7 Å². The van der Waals surface area contributed by atoms with E-state index in [9.17, 15) is 20.4 Å². The lowest BCUT2D eigenvalue weighted by molar-refractivity contribution is -0.769. The Hall–Kier alpha value is -2.64. The predicted octanol–water partition coefficient (Wildman–Crippen LogP) is -1.11. The summed E-state index contributed by atoms with van der Waals surface area (Å²) in [5, 5.41) is 35.1. The topological polar surface area (TPSA) is 182 Å². The third kappa shape index (κ3) is 4.43. The summed E-state index contributed by atoms with van der Waals surface area (Å²) >= 11 is 0. The molecular weight excluding hydrogens is 376 g/mol. The third-order valence-electron chi connectivity index (χ3n) is 4.83. The van der Waals surface area contributed by atoms with E-state index in [4.69, 9.17) is 20.6 Å². The van der Waals surface area contributed by atoms with Crippen LogP contribution in [0.5, 0.6) is 0 Å². The molecule has 5 N–H and O–H groups in total. The zero-order valence-electron chi connectivity index (χ0n) is 15.1. The summed E-state index contributed by atoms with van der Waals surface area (Å²) in [7, 11) is 0.